The lowest BCUT2D eigenvalue weighted by atomic mass is 10.3. The molecule has 2 aromatic rings. The fourth-order valence-electron chi connectivity index (χ4n) is 1.67. The van der Waals surface area contributed by atoms with Crippen molar-refractivity contribution in [3.63, 3.8) is 0 Å². The Morgan fingerprint density at radius 1 is 1.45 bits per heavy atom. The number of nitrogens with zero attached hydrogens (tertiary/aromatic N) is 1. The van der Waals surface area contributed by atoms with E-state index in [1.54, 1.807) is 23.5 Å². The number of alkyl halides is 3. The van der Waals surface area contributed by atoms with Crippen LogP contribution in [0.15, 0.2) is 23.4 Å². The molecule has 0 bridgehead atoms. The zero-order valence-corrected chi connectivity index (χ0v) is 12.5. The first-order valence-electron chi connectivity index (χ1n) is 6.46. The largest absolute Gasteiger partial charge is 0.494 e. The van der Waals surface area contributed by atoms with Crippen LogP contribution in [0.5, 0.6) is 5.75 Å². The molecular weight excluding hydrogens is 319 g/mol. The van der Waals surface area contributed by atoms with Crippen LogP contribution >= 0.6 is 11.8 Å². The summed E-state index contributed by atoms with van der Waals surface area (Å²) in [7, 11) is 0. The first-order valence-corrected chi connectivity index (χ1v) is 7.45. The molecule has 5 nitrogen and oxygen atoms in total. The molecule has 0 aliphatic carbocycles. The Labute approximate surface area is 128 Å². The van der Waals surface area contributed by atoms with E-state index >= 15 is 0 Å². The van der Waals surface area contributed by atoms with Crippen LogP contribution in [0.1, 0.15) is 6.92 Å². The molecule has 0 fully saturated rings. The van der Waals surface area contributed by atoms with E-state index in [1.165, 1.54) is 0 Å². The molecule has 1 aromatic heterocycles. The fourth-order valence-corrected chi connectivity index (χ4v) is 2.39. The molecule has 9 heteroatoms. The van der Waals surface area contributed by atoms with Gasteiger partial charge in [-0.05, 0) is 19.1 Å². The molecule has 120 valence electrons. The average molecular weight is 333 g/mol. The number of fused-ring (bicyclic) bond motifs is 1. The average Bonchev–Trinajstić information content (AvgIpc) is 2.84. The third kappa shape index (κ3) is 4.83. The molecule has 1 heterocycles. The Hall–Kier alpha value is -1.90. The van der Waals surface area contributed by atoms with Crippen LogP contribution in [0, 0.1) is 0 Å². The van der Waals surface area contributed by atoms with E-state index in [0.29, 0.717) is 23.0 Å². The third-order valence-corrected chi connectivity index (χ3v) is 3.44. The van der Waals surface area contributed by atoms with E-state index in [0.717, 1.165) is 17.3 Å². The number of hydrogen-bond acceptors (Lipinski definition) is 4. The maximum Gasteiger partial charge on any atom is 0.405 e. The van der Waals surface area contributed by atoms with Gasteiger partial charge < -0.3 is 15.0 Å². The first-order chi connectivity index (χ1) is 10.4. The summed E-state index contributed by atoms with van der Waals surface area (Å²) in [5, 5.41) is 2.27. The maximum absolute atomic E-state index is 12.0. The van der Waals surface area contributed by atoms with Gasteiger partial charge in [0, 0.05) is 6.07 Å². The molecule has 0 radical (unpaired) electrons. The van der Waals surface area contributed by atoms with Crippen molar-refractivity contribution in [1.82, 2.24) is 15.3 Å². The van der Waals surface area contributed by atoms with Gasteiger partial charge in [-0.1, -0.05) is 11.8 Å². The first kappa shape index (κ1) is 16.5. The van der Waals surface area contributed by atoms with Crippen LogP contribution in [0.3, 0.4) is 0 Å². The number of halogens is 3. The third-order valence-electron chi connectivity index (χ3n) is 2.57. The van der Waals surface area contributed by atoms with Gasteiger partial charge in [0.25, 0.3) is 0 Å². The molecule has 0 spiro atoms. The van der Waals surface area contributed by atoms with Crippen molar-refractivity contribution in [3.8, 4) is 5.75 Å². The van der Waals surface area contributed by atoms with E-state index in [4.69, 9.17) is 4.74 Å². The Kier molecular flexibility index (Phi) is 5.17. The molecular formula is C13H14F3N3O2S. The SMILES string of the molecule is CCOc1ccc2nc(SCC(=O)NCC(F)(F)F)[nH]c2c1. The lowest BCUT2D eigenvalue weighted by Crippen LogP contribution is -2.34. The number of aromatic nitrogens is 2. The Bertz CT molecular complexity index is 658. The topological polar surface area (TPSA) is 67.0 Å². The molecule has 1 amide bonds. The van der Waals surface area contributed by atoms with Gasteiger partial charge in [-0.15, -0.1) is 0 Å². The predicted molar refractivity (Wildman–Crippen MR) is 77.1 cm³/mol. The van der Waals surface area contributed by atoms with Gasteiger partial charge in [-0.2, -0.15) is 13.2 Å². The lowest BCUT2D eigenvalue weighted by Gasteiger charge is -2.07. The van der Waals surface area contributed by atoms with E-state index in [9.17, 15) is 18.0 Å². The highest BCUT2D eigenvalue weighted by Crippen LogP contribution is 2.23. The summed E-state index contributed by atoms with van der Waals surface area (Å²) in [5.41, 5.74) is 1.44. The molecule has 0 aliphatic heterocycles. The monoisotopic (exact) mass is 333 g/mol. The van der Waals surface area contributed by atoms with Gasteiger partial charge in [0.05, 0.1) is 23.4 Å². The number of thioether (sulfide) groups is 1. The molecule has 2 N–H and O–H groups in total. The summed E-state index contributed by atoms with van der Waals surface area (Å²) in [6, 6.07) is 5.32. The number of aromatic amines is 1. The van der Waals surface area contributed by atoms with Gasteiger partial charge >= 0.3 is 6.18 Å². The zero-order chi connectivity index (χ0) is 16.2. The Morgan fingerprint density at radius 2 is 2.23 bits per heavy atom. The lowest BCUT2D eigenvalue weighted by molar-refractivity contribution is -0.136. The van der Waals surface area contributed by atoms with Crippen LogP contribution in [0.25, 0.3) is 11.0 Å². The van der Waals surface area contributed by atoms with Crippen molar-refractivity contribution in [2.75, 3.05) is 18.9 Å². The van der Waals surface area contributed by atoms with Crippen molar-refractivity contribution in [2.24, 2.45) is 0 Å². The minimum absolute atomic E-state index is 0.145. The highest BCUT2D eigenvalue weighted by Gasteiger charge is 2.27. The van der Waals surface area contributed by atoms with E-state index < -0.39 is 18.6 Å². The summed E-state index contributed by atoms with van der Waals surface area (Å²) in [5.74, 6) is -0.148. The van der Waals surface area contributed by atoms with Crippen LogP contribution in [0.4, 0.5) is 13.2 Å². The van der Waals surface area contributed by atoms with Gasteiger partial charge in [0.15, 0.2) is 5.16 Å². The molecule has 0 saturated carbocycles. The number of ether oxygens (including phenoxy) is 1. The van der Waals surface area contributed by atoms with Crippen LogP contribution in [0.2, 0.25) is 0 Å². The second-order valence-electron chi connectivity index (χ2n) is 4.33. The number of H-pyrrole nitrogens is 1. The van der Waals surface area contributed by atoms with Gasteiger partial charge in [-0.25, -0.2) is 4.98 Å². The highest BCUT2D eigenvalue weighted by molar-refractivity contribution is 7.99. The number of imidazole rings is 1. The highest BCUT2D eigenvalue weighted by atomic mass is 32.2. The minimum atomic E-state index is -4.41. The normalized spacial score (nSPS) is 11.6. The fraction of sp³-hybridized carbons (Fsp3) is 0.385. The van der Waals surface area contributed by atoms with Crippen LogP contribution in [-0.4, -0.2) is 41.0 Å². The summed E-state index contributed by atoms with van der Waals surface area (Å²) >= 11 is 1.04. The van der Waals surface area contributed by atoms with Crippen molar-refractivity contribution < 1.29 is 22.7 Å². The molecule has 0 aliphatic rings. The molecule has 0 atom stereocenters. The quantitative estimate of drug-likeness (QED) is 0.798. The standard InChI is InChI=1S/C13H14F3N3O2S/c1-2-21-8-3-4-9-10(5-8)19-12(18-9)22-6-11(20)17-7-13(14,15)16/h3-5H,2,6-7H2,1H3,(H,17,20)(H,18,19). The van der Waals surface area contributed by atoms with Gasteiger partial charge in [-0.3, -0.25) is 4.79 Å². The van der Waals surface area contributed by atoms with Crippen molar-refractivity contribution in [2.45, 2.75) is 18.3 Å². The van der Waals surface area contributed by atoms with Gasteiger partial charge in [0.1, 0.15) is 12.3 Å². The van der Waals surface area contributed by atoms with Crippen molar-refractivity contribution >= 4 is 28.7 Å². The number of carbonyl (C=O) groups excluding carboxylic acids is 1. The number of amides is 1. The number of rotatable bonds is 6. The zero-order valence-electron chi connectivity index (χ0n) is 11.7. The summed E-state index contributed by atoms with van der Waals surface area (Å²) in [6.07, 6.45) is -4.41. The number of hydrogen-bond donors (Lipinski definition) is 2. The van der Waals surface area contributed by atoms with Crippen molar-refractivity contribution in [3.05, 3.63) is 18.2 Å². The van der Waals surface area contributed by atoms with E-state index in [1.807, 2.05) is 6.92 Å². The van der Waals surface area contributed by atoms with Crippen molar-refractivity contribution in [1.29, 1.82) is 0 Å². The van der Waals surface area contributed by atoms with Gasteiger partial charge in [0.2, 0.25) is 5.91 Å². The molecule has 0 unspecified atom stereocenters. The van der Waals surface area contributed by atoms with E-state index in [2.05, 4.69) is 9.97 Å². The molecule has 1 aromatic carbocycles. The number of carbonyl (C=O) groups is 1. The molecule has 0 saturated heterocycles. The van der Waals surface area contributed by atoms with E-state index in [-0.39, 0.29) is 5.75 Å². The predicted octanol–water partition coefficient (Wildman–Crippen LogP) is 2.73. The van der Waals surface area contributed by atoms with Crippen LogP contribution in [-0.2, 0) is 4.79 Å². The number of benzene rings is 1. The molecule has 2 rings (SSSR count). The minimum Gasteiger partial charge on any atom is -0.494 e. The Balaban J connectivity index is 1.93. The smallest absolute Gasteiger partial charge is 0.405 e. The van der Waals surface area contributed by atoms with Crippen LogP contribution < -0.4 is 10.1 Å². The molecule has 22 heavy (non-hydrogen) atoms. The Morgan fingerprint density at radius 3 is 2.91 bits per heavy atom. The maximum atomic E-state index is 12.0. The second kappa shape index (κ2) is 6.91. The second-order valence-corrected chi connectivity index (χ2v) is 5.30. The summed E-state index contributed by atoms with van der Waals surface area (Å²) in [6.45, 7) is 1.09. The number of nitrogens with one attached hydrogen (secondary N) is 2. The summed E-state index contributed by atoms with van der Waals surface area (Å²) < 4.78 is 41.3. The summed E-state index contributed by atoms with van der Waals surface area (Å²) in [4.78, 5) is 18.6.